The summed E-state index contributed by atoms with van der Waals surface area (Å²) in [6.07, 6.45) is 0. The maximum absolute atomic E-state index is 12.1. The molecule has 6 nitrogen and oxygen atoms in total. The molecule has 18 heavy (non-hydrogen) atoms. The van der Waals surface area contributed by atoms with Gasteiger partial charge in [0.15, 0.2) is 5.82 Å². The minimum absolute atomic E-state index is 0.0957. The van der Waals surface area contributed by atoms with Crippen molar-refractivity contribution < 1.29 is 13.5 Å². The molecule has 0 fully saturated rings. The Bertz CT molecular complexity index is 638. The molecule has 0 amide bonds. The van der Waals surface area contributed by atoms with Crippen LogP contribution in [0.2, 0.25) is 0 Å². The third-order valence-corrected chi connectivity index (χ3v) is 4.96. The van der Waals surface area contributed by atoms with Crippen molar-refractivity contribution in [3.63, 3.8) is 0 Å². The zero-order valence-corrected chi connectivity index (χ0v) is 11.5. The van der Waals surface area contributed by atoms with Gasteiger partial charge in [-0.1, -0.05) is 0 Å². The Morgan fingerprint density at radius 2 is 2.28 bits per heavy atom. The van der Waals surface area contributed by atoms with Gasteiger partial charge in [0, 0.05) is 18.8 Å². The van der Waals surface area contributed by atoms with E-state index >= 15 is 0 Å². The number of nitrogens with one attached hydrogen (secondary N) is 1. The highest BCUT2D eigenvalue weighted by Gasteiger charge is 2.20. The number of aliphatic hydroxyl groups excluding tert-OH is 1. The van der Waals surface area contributed by atoms with Gasteiger partial charge < -0.3 is 5.11 Å². The molecule has 0 aliphatic carbocycles. The minimum Gasteiger partial charge on any atom is -0.391 e. The highest BCUT2D eigenvalue weighted by molar-refractivity contribution is 7.92. The van der Waals surface area contributed by atoms with Crippen molar-refractivity contribution in [2.45, 2.75) is 18.4 Å². The standard InChI is InChI=1S/C10H13N3O3S2/c1-7-5-10(11-13(7)2)12-18(15,16)9-3-4-17-8(9)6-14/h3-5,14H,6H2,1-2H3,(H,11,12). The lowest BCUT2D eigenvalue weighted by atomic mass is 10.5. The van der Waals surface area contributed by atoms with Crippen LogP contribution < -0.4 is 4.72 Å². The van der Waals surface area contributed by atoms with Gasteiger partial charge in [0.1, 0.15) is 4.90 Å². The quantitative estimate of drug-likeness (QED) is 0.881. The maximum atomic E-state index is 12.1. The van der Waals surface area contributed by atoms with Gasteiger partial charge in [-0.15, -0.1) is 11.3 Å². The van der Waals surface area contributed by atoms with Gasteiger partial charge in [-0.05, 0) is 18.4 Å². The Morgan fingerprint density at radius 1 is 1.56 bits per heavy atom. The number of thiophene rings is 1. The van der Waals surface area contributed by atoms with Gasteiger partial charge in [-0.25, -0.2) is 8.42 Å². The van der Waals surface area contributed by atoms with Crippen LogP contribution in [0.3, 0.4) is 0 Å². The topological polar surface area (TPSA) is 84.2 Å². The van der Waals surface area contributed by atoms with Crippen molar-refractivity contribution in [3.8, 4) is 0 Å². The summed E-state index contributed by atoms with van der Waals surface area (Å²) in [6.45, 7) is 1.53. The number of aliphatic hydroxyl groups is 1. The molecular weight excluding hydrogens is 274 g/mol. The van der Waals surface area contributed by atoms with Crippen molar-refractivity contribution >= 4 is 27.2 Å². The predicted octanol–water partition coefficient (Wildman–Crippen LogP) is 1.08. The molecule has 0 aliphatic heterocycles. The third-order valence-electron chi connectivity index (χ3n) is 2.49. The molecule has 0 atom stereocenters. The number of nitrogens with zero attached hydrogens (tertiary/aromatic N) is 2. The van der Waals surface area contributed by atoms with E-state index < -0.39 is 10.0 Å². The number of sulfonamides is 1. The van der Waals surface area contributed by atoms with Crippen LogP contribution in [0.25, 0.3) is 0 Å². The molecule has 2 N–H and O–H groups in total. The van der Waals surface area contributed by atoms with E-state index in [1.54, 1.807) is 23.2 Å². The second kappa shape index (κ2) is 4.71. The van der Waals surface area contributed by atoms with E-state index in [4.69, 9.17) is 5.11 Å². The van der Waals surface area contributed by atoms with Crippen LogP contribution >= 0.6 is 11.3 Å². The molecule has 8 heteroatoms. The Morgan fingerprint density at radius 3 is 2.83 bits per heavy atom. The van der Waals surface area contributed by atoms with Crippen LogP contribution in [0.4, 0.5) is 5.82 Å². The highest BCUT2D eigenvalue weighted by atomic mass is 32.2. The molecule has 2 heterocycles. The molecule has 0 bridgehead atoms. The largest absolute Gasteiger partial charge is 0.391 e. The van der Waals surface area contributed by atoms with E-state index in [2.05, 4.69) is 9.82 Å². The Balaban J connectivity index is 2.33. The molecule has 2 aromatic rings. The van der Waals surface area contributed by atoms with Gasteiger partial charge in [0.25, 0.3) is 10.0 Å². The first-order valence-corrected chi connectivity index (χ1v) is 7.51. The molecule has 0 spiro atoms. The SMILES string of the molecule is Cc1cc(NS(=O)(=O)c2ccsc2CO)nn1C. The molecule has 0 aromatic carbocycles. The molecular formula is C10H13N3O3S2. The van der Waals surface area contributed by atoms with E-state index in [1.165, 1.54) is 17.4 Å². The van der Waals surface area contributed by atoms with Gasteiger partial charge in [-0.3, -0.25) is 9.40 Å². The molecule has 0 aliphatic rings. The Labute approximate surface area is 109 Å². The van der Waals surface area contributed by atoms with Crippen molar-refractivity contribution in [1.29, 1.82) is 0 Å². The minimum atomic E-state index is -3.69. The van der Waals surface area contributed by atoms with E-state index in [-0.39, 0.29) is 17.3 Å². The highest BCUT2D eigenvalue weighted by Crippen LogP contribution is 2.24. The fourth-order valence-electron chi connectivity index (χ4n) is 1.49. The zero-order valence-electron chi connectivity index (χ0n) is 9.91. The zero-order chi connectivity index (χ0) is 13.3. The van der Waals surface area contributed by atoms with E-state index in [1.807, 2.05) is 6.92 Å². The van der Waals surface area contributed by atoms with Crippen LogP contribution in [-0.4, -0.2) is 23.3 Å². The lowest BCUT2D eigenvalue weighted by Gasteiger charge is -2.04. The molecule has 2 rings (SSSR count). The Kier molecular flexibility index (Phi) is 3.42. The first kappa shape index (κ1) is 13.1. The summed E-state index contributed by atoms with van der Waals surface area (Å²) in [5.41, 5.74) is 0.848. The van der Waals surface area contributed by atoms with E-state index in [0.29, 0.717) is 4.88 Å². The van der Waals surface area contributed by atoms with E-state index in [9.17, 15) is 8.42 Å². The van der Waals surface area contributed by atoms with Crippen molar-refractivity contribution in [2.24, 2.45) is 7.05 Å². The number of aryl methyl sites for hydroxylation is 2. The monoisotopic (exact) mass is 287 g/mol. The van der Waals surface area contributed by atoms with Gasteiger partial charge >= 0.3 is 0 Å². The number of hydrogen-bond acceptors (Lipinski definition) is 5. The summed E-state index contributed by atoms with van der Waals surface area (Å²) >= 11 is 1.20. The summed E-state index contributed by atoms with van der Waals surface area (Å²) < 4.78 is 28.2. The van der Waals surface area contributed by atoms with Crippen LogP contribution in [0.5, 0.6) is 0 Å². The van der Waals surface area contributed by atoms with Crippen molar-refractivity contribution in [2.75, 3.05) is 4.72 Å². The third kappa shape index (κ3) is 2.40. The molecule has 0 radical (unpaired) electrons. The van der Waals surface area contributed by atoms with Gasteiger partial charge in [-0.2, -0.15) is 5.10 Å². The second-order valence-corrected chi connectivity index (χ2v) is 6.42. The predicted molar refractivity (Wildman–Crippen MR) is 69.0 cm³/mol. The summed E-state index contributed by atoms with van der Waals surface area (Å²) in [6, 6.07) is 3.11. The van der Waals surface area contributed by atoms with Crippen LogP contribution in [-0.2, 0) is 23.7 Å². The van der Waals surface area contributed by atoms with E-state index in [0.717, 1.165) is 5.69 Å². The average molecular weight is 287 g/mol. The summed E-state index contributed by atoms with van der Waals surface area (Å²) in [7, 11) is -1.96. The van der Waals surface area contributed by atoms with Crippen LogP contribution in [0, 0.1) is 6.92 Å². The second-order valence-electron chi connectivity index (χ2n) is 3.77. The normalized spacial score (nSPS) is 11.7. The summed E-state index contributed by atoms with van der Waals surface area (Å²) in [4.78, 5) is 0.508. The summed E-state index contributed by atoms with van der Waals surface area (Å²) in [5, 5.41) is 14.7. The number of aromatic nitrogens is 2. The lowest BCUT2D eigenvalue weighted by molar-refractivity contribution is 0.282. The fraction of sp³-hybridized carbons (Fsp3) is 0.300. The number of anilines is 1. The van der Waals surface area contributed by atoms with Crippen molar-refractivity contribution in [1.82, 2.24) is 9.78 Å². The number of rotatable bonds is 4. The smallest absolute Gasteiger partial charge is 0.264 e. The molecule has 0 saturated carbocycles. The van der Waals surface area contributed by atoms with Crippen LogP contribution in [0.1, 0.15) is 10.6 Å². The maximum Gasteiger partial charge on any atom is 0.264 e. The van der Waals surface area contributed by atoms with Crippen molar-refractivity contribution in [3.05, 3.63) is 28.1 Å². The van der Waals surface area contributed by atoms with Crippen LogP contribution in [0.15, 0.2) is 22.4 Å². The average Bonchev–Trinajstić information content (AvgIpc) is 2.86. The molecule has 0 unspecified atom stereocenters. The molecule has 98 valence electrons. The summed E-state index contributed by atoms with van der Waals surface area (Å²) in [5.74, 6) is 0.269. The van der Waals surface area contributed by atoms with Gasteiger partial charge in [0.05, 0.1) is 11.5 Å². The first-order chi connectivity index (χ1) is 8.44. The Hall–Kier alpha value is -1.38. The number of hydrogen-bond donors (Lipinski definition) is 2. The van der Waals surface area contributed by atoms with Gasteiger partial charge in [0.2, 0.25) is 0 Å². The molecule has 2 aromatic heterocycles. The first-order valence-electron chi connectivity index (χ1n) is 5.14. The fourth-order valence-corrected chi connectivity index (χ4v) is 3.77. The lowest BCUT2D eigenvalue weighted by Crippen LogP contribution is -2.14. The molecule has 0 saturated heterocycles.